The van der Waals surface area contributed by atoms with Crippen LogP contribution in [0.5, 0.6) is 5.75 Å². The van der Waals surface area contributed by atoms with Gasteiger partial charge in [0.25, 0.3) is 0 Å². The fraction of sp³-hybridized carbons (Fsp3) is 0.300. The molecule has 88 valence electrons. The second-order valence-electron chi connectivity index (χ2n) is 2.93. The van der Waals surface area contributed by atoms with E-state index in [4.69, 9.17) is 4.74 Å². The molecule has 0 aromatic heterocycles. The molecule has 0 aliphatic heterocycles. The summed E-state index contributed by atoms with van der Waals surface area (Å²) < 4.78 is 54.8. The van der Waals surface area contributed by atoms with Crippen molar-refractivity contribution < 1.29 is 27.1 Å². The molecule has 0 N–H and O–H groups in total. The lowest BCUT2D eigenvalue weighted by Crippen LogP contribution is -2.08. The number of hydrogen-bond acceptors (Lipinski definition) is 2. The van der Waals surface area contributed by atoms with Crippen LogP contribution >= 0.6 is 0 Å². The predicted molar refractivity (Wildman–Crippen MR) is 48.0 cm³/mol. The number of rotatable bonds is 3. The van der Waals surface area contributed by atoms with Gasteiger partial charge in [0, 0.05) is 0 Å². The molecule has 0 fully saturated rings. The highest BCUT2D eigenvalue weighted by Crippen LogP contribution is 2.33. The van der Waals surface area contributed by atoms with Gasteiger partial charge in [-0.15, -0.1) is 0 Å². The Kier molecular flexibility index (Phi) is 3.51. The van der Waals surface area contributed by atoms with Crippen LogP contribution in [-0.2, 0) is 6.18 Å². The van der Waals surface area contributed by atoms with E-state index in [9.17, 15) is 22.4 Å². The van der Waals surface area contributed by atoms with Crippen molar-refractivity contribution in [1.29, 1.82) is 0 Å². The molecular weight excluding hydrogens is 228 g/mol. The normalized spacial score (nSPS) is 11.3. The molecule has 0 saturated heterocycles. The number of halogens is 4. The van der Waals surface area contributed by atoms with Crippen molar-refractivity contribution in [2.24, 2.45) is 0 Å². The van der Waals surface area contributed by atoms with Crippen molar-refractivity contribution >= 4 is 6.29 Å². The van der Waals surface area contributed by atoms with Crippen molar-refractivity contribution in [1.82, 2.24) is 0 Å². The molecule has 1 rings (SSSR count). The lowest BCUT2D eigenvalue weighted by Gasteiger charge is -2.11. The maximum absolute atomic E-state index is 13.2. The zero-order valence-corrected chi connectivity index (χ0v) is 8.27. The minimum Gasteiger partial charge on any atom is -0.490 e. The zero-order chi connectivity index (χ0) is 12.3. The van der Waals surface area contributed by atoms with Gasteiger partial charge in [0.15, 0.2) is 17.9 Å². The highest BCUT2D eigenvalue weighted by Gasteiger charge is 2.32. The zero-order valence-electron chi connectivity index (χ0n) is 8.27. The molecule has 0 aliphatic rings. The first kappa shape index (κ1) is 12.5. The lowest BCUT2D eigenvalue weighted by molar-refractivity contribution is -0.137. The van der Waals surface area contributed by atoms with E-state index in [0.29, 0.717) is 12.1 Å². The Bertz CT molecular complexity index is 399. The highest BCUT2D eigenvalue weighted by atomic mass is 19.4. The SMILES string of the molecule is CCOc1c(F)cc(C(F)(F)F)cc1C=O. The Morgan fingerprint density at radius 2 is 2.00 bits per heavy atom. The van der Waals surface area contributed by atoms with Crippen LogP contribution in [0.1, 0.15) is 22.8 Å². The maximum Gasteiger partial charge on any atom is 0.416 e. The summed E-state index contributed by atoms with van der Waals surface area (Å²) in [6.45, 7) is 1.59. The summed E-state index contributed by atoms with van der Waals surface area (Å²) >= 11 is 0. The maximum atomic E-state index is 13.2. The second-order valence-corrected chi connectivity index (χ2v) is 2.93. The summed E-state index contributed by atoms with van der Waals surface area (Å²) in [5.41, 5.74) is -1.66. The third-order valence-corrected chi connectivity index (χ3v) is 1.82. The first-order chi connectivity index (χ1) is 7.40. The number of carbonyl (C=O) groups is 1. The minimum atomic E-state index is -4.69. The van der Waals surface area contributed by atoms with Crippen LogP contribution in [0.4, 0.5) is 17.6 Å². The molecule has 6 heteroatoms. The summed E-state index contributed by atoms with van der Waals surface area (Å²) in [4.78, 5) is 10.5. The molecule has 16 heavy (non-hydrogen) atoms. The van der Waals surface area contributed by atoms with E-state index in [-0.39, 0.29) is 12.9 Å². The van der Waals surface area contributed by atoms with E-state index >= 15 is 0 Å². The van der Waals surface area contributed by atoms with Crippen molar-refractivity contribution in [2.45, 2.75) is 13.1 Å². The third-order valence-electron chi connectivity index (χ3n) is 1.82. The molecule has 0 unspecified atom stereocenters. The molecule has 0 radical (unpaired) electrons. The van der Waals surface area contributed by atoms with Crippen LogP contribution in [0, 0.1) is 5.82 Å². The molecule has 1 aromatic carbocycles. The van der Waals surface area contributed by atoms with Gasteiger partial charge in [-0.25, -0.2) is 4.39 Å². The number of benzene rings is 1. The molecule has 0 saturated carbocycles. The van der Waals surface area contributed by atoms with Gasteiger partial charge in [0.1, 0.15) is 0 Å². The standard InChI is InChI=1S/C10H8F4O2/c1-2-16-9-6(5-15)3-7(4-8(9)11)10(12,13)14/h3-5H,2H2,1H3. The van der Waals surface area contributed by atoms with Gasteiger partial charge < -0.3 is 4.74 Å². The number of alkyl halides is 3. The van der Waals surface area contributed by atoms with Crippen molar-refractivity contribution in [3.8, 4) is 5.75 Å². The van der Waals surface area contributed by atoms with Crippen molar-refractivity contribution in [2.75, 3.05) is 6.61 Å². The summed E-state index contributed by atoms with van der Waals surface area (Å²) in [5.74, 6) is -1.65. The Hall–Kier alpha value is -1.59. The topological polar surface area (TPSA) is 26.3 Å². The van der Waals surface area contributed by atoms with E-state index in [1.54, 1.807) is 0 Å². The predicted octanol–water partition coefficient (Wildman–Crippen LogP) is 3.06. The Labute approximate surface area is 88.8 Å². The molecule has 0 bridgehead atoms. The lowest BCUT2D eigenvalue weighted by atomic mass is 10.1. The van der Waals surface area contributed by atoms with Gasteiger partial charge in [-0.3, -0.25) is 4.79 Å². The summed E-state index contributed by atoms with van der Waals surface area (Å²) in [6.07, 6.45) is -4.56. The monoisotopic (exact) mass is 236 g/mol. The first-order valence-corrected chi connectivity index (χ1v) is 4.38. The number of aldehydes is 1. The molecule has 0 heterocycles. The Morgan fingerprint density at radius 3 is 2.44 bits per heavy atom. The molecule has 2 nitrogen and oxygen atoms in total. The van der Waals surface area contributed by atoms with Crippen LogP contribution in [0.2, 0.25) is 0 Å². The van der Waals surface area contributed by atoms with E-state index in [1.165, 1.54) is 6.92 Å². The van der Waals surface area contributed by atoms with Crippen LogP contribution in [0.3, 0.4) is 0 Å². The third kappa shape index (κ3) is 2.50. The average Bonchev–Trinajstić information content (AvgIpc) is 2.19. The summed E-state index contributed by atoms with van der Waals surface area (Å²) in [7, 11) is 0. The van der Waals surface area contributed by atoms with Gasteiger partial charge in [-0.1, -0.05) is 0 Å². The minimum absolute atomic E-state index is 0.0587. The van der Waals surface area contributed by atoms with Gasteiger partial charge in [0.2, 0.25) is 0 Å². The molecule has 0 spiro atoms. The van der Waals surface area contributed by atoms with E-state index < -0.39 is 28.9 Å². The Balaban J connectivity index is 3.32. The number of hydrogen-bond donors (Lipinski definition) is 0. The van der Waals surface area contributed by atoms with Crippen LogP contribution in [-0.4, -0.2) is 12.9 Å². The number of carbonyl (C=O) groups excluding carboxylic acids is 1. The van der Waals surface area contributed by atoms with Gasteiger partial charge in [-0.2, -0.15) is 13.2 Å². The summed E-state index contributed by atoms with van der Waals surface area (Å²) in [6, 6.07) is 0.860. The highest BCUT2D eigenvalue weighted by molar-refractivity contribution is 5.80. The molecule has 0 aliphatic carbocycles. The summed E-state index contributed by atoms with van der Waals surface area (Å²) in [5, 5.41) is 0. The smallest absolute Gasteiger partial charge is 0.416 e. The fourth-order valence-electron chi connectivity index (χ4n) is 1.16. The number of ether oxygens (including phenoxy) is 1. The van der Waals surface area contributed by atoms with Crippen LogP contribution in [0.25, 0.3) is 0 Å². The Morgan fingerprint density at radius 1 is 1.38 bits per heavy atom. The fourth-order valence-corrected chi connectivity index (χ4v) is 1.16. The largest absolute Gasteiger partial charge is 0.490 e. The van der Waals surface area contributed by atoms with Gasteiger partial charge >= 0.3 is 6.18 Å². The van der Waals surface area contributed by atoms with Crippen molar-refractivity contribution in [3.63, 3.8) is 0 Å². The molecule has 0 amide bonds. The molecule has 0 atom stereocenters. The van der Waals surface area contributed by atoms with Gasteiger partial charge in [-0.05, 0) is 19.1 Å². The van der Waals surface area contributed by atoms with E-state index in [1.807, 2.05) is 0 Å². The average molecular weight is 236 g/mol. The van der Waals surface area contributed by atoms with Crippen LogP contribution in [0.15, 0.2) is 12.1 Å². The van der Waals surface area contributed by atoms with E-state index in [0.717, 1.165) is 0 Å². The van der Waals surface area contributed by atoms with Crippen molar-refractivity contribution in [3.05, 3.63) is 29.1 Å². The molecular formula is C10H8F4O2. The second kappa shape index (κ2) is 4.51. The quantitative estimate of drug-likeness (QED) is 0.595. The van der Waals surface area contributed by atoms with Gasteiger partial charge in [0.05, 0.1) is 17.7 Å². The van der Waals surface area contributed by atoms with E-state index in [2.05, 4.69) is 0 Å². The first-order valence-electron chi connectivity index (χ1n) is 4.38. The van der Waals surface area contributed by atoms with Crippen LogP contribution < -0.4 is 4.74 Å². The molecule has 1 aromatic rings.